The Morgan fingerprint density at radius 2 is 1.89 bits per heavy atom. The minimum atomic E-state index is -0.299. The molecule has 0 radical (unpaired) electrons. The van der Waals surface area contributed by atoms with Crippen molar-refractivity contribution in [2.24, 2.45) is 0 Å². The number of hydrogen-bond acceptors (Lipinski definition) is 3. The van der Waals surface area contributed by atoms with E-state index in [-0.39, 0.29) is 11.9 Å². The van der Waals surface area contributed by atoms with E-state index in [9.17, 15) is 4.39 Å². The Balaban J connectivity index is 2.27. The van der Waals surface area contributed by atoms with Crippen molar-refractivity contribution < 1.29 is 4.39 Å². The molecule has 2 rings (SSSR count). The average molecular weight is 259 g/mol. The van der Waals surface area contributed by atoms with Crippen molar-refractivity contribution in [1.29, 1.82) is 0 Å². The molecule has 2 N–H and O–H groups in total. The Labute approximate surface area is 112 Å². The average Bonchev–Trinajstić information content (AvgIpc) is 2.39. The summed E-state index contributed by atoms with van der Waals surface area (Å²) in [5.74, 6) is 0.0842. The van der Waals surface area contributed by atoms with Crippen molar-refractivity contribution in [1.82, 2.24) is 4.98 Å². The second-order valence-corrected chi connectivity index (χ2v) is 4.77. The van der Waals surface area contributed by atoms with Gasteiger partial charge in [0.1, 0.15) is 0 Å². The molecule has 0 bridgehead atoms. The van der Waals surface area contributed by atoms with Crippen LogP contribution >= 0.6 is 0 Å². The van der Waals surface area contributed by atoms with Gasteiger partial charge in [0.25, 0.3) is 0 Å². The minimum absolute atomic E-state index is 0.155. The van der Waals surface area contributed by atoms with Gasteiger partial charge in [-0.1, -0.05) is 12.1 Å². The van der Waals surface area contributed by atoms with E-state index in [4.69, 9.17) is 5.73 Å². The van der Waals surface area contributed by atoms with Crippen LogP contribution in [-0.4, -0.2) is 11.0 Å². The highest BCUT2D eigenvalue weighted by atomic mass is 19.1. The summed E-state index contributed by atoms with van der Waals surface area (Å²) < 4.78 is 13.8. The van der Waals surface area contributed by atoms with E-state index in [0.717, 1.165) is 11.3 Å². The Morgan fingerprint density at radius 3 is 2.47 bits per heavy atom. The molecule has 0 saturated heterocycles. The topological polar surface area (TPSA) is 42.1 Å². The predicted molar refractivity (Wildman–Crippen MR) is 76.4 cm³/mol. The van der Waals surface area contributed by atoms with Gasteiger partial charge >= 0.3 is 0 Å². The van der Waals surface area contributed by atoms with Gasteiger partial charge in [-0.2, -0.15) is 0 Å². The lowest BCUT2D eigenvalue weighted by atomic mass is 10.1. The van der Waals surface area contributed by atoms with Crippen LogP contribution in [0.4, 0.5) is 15.9 Å². The van der Waals surface area contributed by atoms with E-state index in [1.165, 1.54) is 6.07 Å². The first-order valence-electron chi connectivity index (χ1n) is 6.29. The molecule has 19 heavy (non-hydrogen) atoms. The summed E-state index contributed by atoms with van der Waals surface area (Å²) in [6, 6.07) is 10.8. The highest BCUT2D eigenvalue weighted by Crippen LogP contribution is 2.21. The minimum Gasteiger partial charge on any atom is -0.399 e. The summed E-state index contributed by atoms with van der Waals surface area (Å²) in [6.45, 7) is 4.64. The van der Waals surface area contributed by atoms with Gasteiger partial charge in [-0.3, -0.25) is 0 Å². The summed E-state index contributed by atoms with van der Waals surface area (Å²) in [5.41, 5.74) is 7.47. The molecular formula is C15H18FN3. The van der Waals surface area contributed by atoms with Crippen LogP contribution in [0.15, 0.2) is 42.6 Å². The van der Waals surface area contributed by atoms with Crippen LogP contribution in [0.3, 0.4) is 0 Å². The van der Waals surface area contributed by atoms with Crippen LogP contribution in [0.2, 0.25) is 0 Å². The van der Waals surface area contributed by atoms with E-state index in [1.807, 2.05) is 43.0 Å². The first-order chi connectivity index (χ1) is 9.08. The zero-order valence-electron chi connectivity index (χ0n) is 11.2. The van der Waals surface area contributed by atoms with Crippen LogP contribution in [0.25, 0.3) is 0 Å². The molecule has 0 atom stereocenters. The molecule has 1 heterocycles. The molecule has 0 aliphatic rings. The van der Waals surface area contributed by atoms with Gasteiger partial charge in [0, 0.05) is 24.5 Å². The standard InChI is InChI=1S/C15H18FN3/c1-11(2)19(15-14(16)4-3-9-18-15)10-12-5-7-13(17)8-6-12/h3-9,11H,10,17H2,1-2H3. The number of halogens is 1. The maximum Gasteiger partial charge on any atom is 0.165 e. The molecule has 0 aliphatic heterocycles. The van der Waals surface area contributed by atoms with Crippen LogP contribution in [0.1, 0.15) is 19.4 Å². The highest BCUT2D eigenvalue weighted by Gasteiger charge is 2.16. The monoisotopic (exact) mass is 259 g/mol. The molecule has 4 heteroatoms. The maximum absolute atomic E-state index is 13.8. The first kappa shape index (κ1) is 13.3. The highest BCUT2D eigenvalue weighted by molar-refractivity contribution is 5.44. The number of pyridine rings is 1. The SMILES string of the molecule is CC(C)N(Cc1ccc(N)cc1)c1ncccc1F. The maximum atomic E-state index is 13.8. The number of anilines is 2. The van der Waals surface area contributed by atoms with Crippen LogP contribution in [0, 0.1) is 5.82 Å². The molecule has 0 unspecified atom stereocenters. The Bertz CT molecular complexity index is 537. The van der Waals surface area contributed by atoms with Crippen LogP contribution < -0.4 is 10.6 Å². The van der Waals surface area contributed by atoms with E-state index < -0.39 is 0 Å². The fourth-order valence-electron chi connectivity index (χ4n) is 1.91. The molecule has 0 saturated carbocycles. The van der Waals surface area contributed by atoms with Gasteiger partial charge in [0.2, 0.25) is 0 Å². The third kappa shape index (κ3) is 3.22. The molecular weight excluding hydrogens is 241 g/mol. The number of aromatic nitrogens is 1. The van der Waals surface area contributed by atoms with Gasteiger partial charge in [-0.25, -0.2) is 9.37 Å². The van der Waals surface area contributed by atoms with Crippen molar-refractivity contribution in [3.8, 4) is 0 Å². The third-order valence-electron chi connectivity index (χ3n) is 2.97. The predicted octanol–water partition coefficient (Wildman–Crippen LogP) is 3.22. The smallest absolute Gasteiger partial charge is 0.165 e. The molecule has 0 spiro atoms. The normalized spacial score (nSPS) is 10.7. The number of nitrogens with two attached hydrogens (primary N) is 1. The van der Waals surface area contributed by atoms with Gasteiger partial charge in [-0.15, -0.1) is 0 Å². The Kier molecular flexibility index (Phi) is 4.00. The molecule has 0 amide bonds. The largest absolute Gasteiger partial charge is 0.399 e. The lowest BCUT2D eigenvalue weighted by Gasteiger charge is -2.28. The lowest BCUT2D eigenvalue weighted by Crippen LogP contribution is -2.31. The lowest BCUT2D eigenvalue weighted by molar-refractivity contribution is 0.588. The van der Waals surface area contributed by atoms with E-state index in [2.05, 4.69) is 4.98 Å². The zero-order valence-corrected chi connectivity index (χ0v) is 11.2. The molecule has 1 aromatic carbocycles. The molecule has 2 aromatic rings. The van der Waals surface area contributed by atoms with Crippen molar-refractivity contribution >= 4 is 11.5 Å². The van der Waals surface area contributed by atoms with Gasteiger partial charge < -0.3 is 10.6 Å². The van der Waals surface area contributed by atoms with Crippen molar-refractivity contribution in [3.63, 3.8) is 0 Å². The second kappa shape index (κ2) is 5.69. The van der Waals surface area contributed by atoms with Crippen molar-refractivity contribution in [3.05, 3.63) is 54.0 Å². The van der Waals surface area contributed by atoms with E-state index >= 15 is 0 Å². The van der Waals surface area contributed by atoms with Gasteiger partial charge in [0.15, 0.2) is 11.6 Å². The van der Waals surface area contributed by atoms with E-state index in [1.54, 1.807) is 12.3 Å². The number of nitrogen functional groups attached to an aromatic ring is 1. The molecule has 0 aliphatic carbocycles. The van der Waals surface area contributed by atoms with Gasteiger partial charge in [0.05, 0.1) is 0 Å². The number of hydrogen-bond donors (Lipinski definition) is 1. The van der Waals surface area contributed by atoms with Crippen LogP contribution in [-0.2, 0) is 6.54 Å². The third-order valence-corrected chi connectivity index (χ3v) is 2.97. The Hall–Kier alpha value is -2.10. The molecule has 0 fully saturated rings. The first-order valence-corrected chi connectivity index (χ1v) is 6.29. The number of rotatable bonds is 4. The zero-order chi connectivity index (χ0) is 13.8. The van der Waals surface area contributed by atoms with Crippen molar-refractivity contribution in [2.75, 3.05) is 10.6 Å². The van der Waals surface area contributed by atoms with Crippen molar-refractivity contribution in [2.45, 2.75) is 26.4 Å². The quantitative estimate of drug-likeness (QED) is 0.857. The van der Waals surface area contributed by atoms with Gasteiger partial charge in [-0.05, 0) is 43.7 Å². The summed E-state index contributed by atoms with van der Waals surface area (Å²) in [7, 11) is 0. The molecule has 100 valence electrons. The Morgan fingerprint density at radius 1 is 1.21 bits per heavy atom. The second-order valence-electron chi connectivity index (χ2n) is 4.77. The number of benzene rings is 1. The molecule has 3 nitrogen and oxygen atoms in total. The summed E-state index contributed by atoms with van der Waals surface area (Å²) >= 11 is 0. The van der Waals surface area contributed by atoms with E-state index in [0.29, 0.717) is 12.4 Å². The molecule has 1 aromatic heterocycles. The number of nitrogens with zero attached hydrogens (tertiary/aromatic N) is 2. The summed E-state index contributed by atoms with van der Waals surface area (Å²) in [6.07, 6.45) is 1.61. The fourth-order valence-corrected chi connectivity index (χ4v) is 1.91. The summed E-state index contributed by atoms with van der Waals surface area (Å²) in [4.78, 5) is 6.07. The fraction of sp³-hybridized carbons (Fsp3) is 0.267. The summed E-state index contributed by atoms with van der Waals surface area (Å²) in [5, 5.41) is 0. The van der Waals surface area contributed by atoms with Crippen LogP contribution in [0.5, 0.6) is 0 Å².